The van der Waals surface area contributed by atoms with Crippen LogP contribution >= 0.6 is 0 Å². The predicted octanol–water partition coefficient (Wildman–Crippen LogP) is 3.59. The van der Waals surface area contributed by atoms with Gasteiger partial charge in [-0.1, -0.05) is 18.2 Å². The van der Waals surface area contributed by atoms with Crippen molar-refractivity contribution in [2.75, 3.05) is 0 Å². The number of aromatic amines is 1. The molecule has 3 aromatic rings. The molecule has 2 aromatic carbocycles. The Morgan fingerprint density at radius 1 is 1.04 bits per heavy atom. The Kier molecular flexibility index (Phi) is 5.28. The van der Waals surface area contributed by atoms with Gasteiger partial charge in [0.2, 0.25) is 15.6 Å². The van der Waals surface area contributed by atoms with Gasteiger partial charge < -0.3 is 9.72 Å². The van der Waals surface area contributed by atoms with E-state index in [2.05, 4.69) is 4.98 Å². The number of hydrogen-bond acceptors (Lipinski definition) is 5. The number of esters is 1. The van der Waals surface area contributed by atoms with Crippen molar-refractivity contribution in [2.24, 2.45) is 0 Å². The number of alkyl halides is 2. The molecule has 0 radical (unpaired) electrons. The predicted molar refractivity (Wildman–Crippen MR) is 97.1 cm³/mol. The highest BCUT2D eigenvalue weighted by atomic mass is 32.2. The molecule has 1 unspecified atom stereocenters. The maximum atomic E-state index is 12.6. The maximum absolute atomic E-state index is 12.6. The minimum atomic E-state index is -4.75. The number of sulfone groups is 1. The fraction of sp³-hybridized carbons (Fsp3) is 0.158. The van der Waals surface area contributed by atoms with Crippen LogP contribution in [0.15, 0.2) is 59.6 Å². The van der Waals surface area contributed by atoms with E-state index in [1.807, 2.05) is 6.07 Å². The molecule has 1 aromatic heterocycles. The van der Waals surface area contributed by atoms with Crippen molar-refractivity contribution in [3.8, 4) is 0 Å². The van der Waals surface area contributed by atoms with Crippen molar-refractivity contribution >= 4 is 32.5 Å². The Morgan fingerprint density at radius 2 is 1.68 bits per heavy atom. The van der Waals surface area contributed by atoms with Crippen LogP contribution in [0.25, 0.3) is 10.9 Å². The average Bonchev–Trinajstić information content (AvgIpc) is 3.11. The topological polar surface area (TPSA) is 93.3 Å². The quantitative estimate of drug-likeness (QED) is 0.498. The number of para-hydroxylation sites is 1. The number of carbonyl (C=O) groups is 2. The molecule has 0 aliphatic heterocycles. The molecule has 9 heteroatoms. The van der Waals surface area contributed by atoms with Crippen molar-refractivity contribution in [2.45, 2.75) is 23.7 Å². The first kappa shape index (κ1) is 19.7. The fourth-order valence-electron chi connectivity index (χ4n) is 2.66. The molecule has 0 fully saturated rings. The van der Waals surface area contributed by atoms with Gasteiger partial charge in [-0.25, -0.2) is 13.2 Å². The van der Waals surface area contributed by atoms with Gasteiger partial charge >= 0.3 is 11.7 Å². The van der Waals surface area contributed by atoms with E-state index in [-0.39, 0.29) is 5.56 Å². The smallest absolute Gasteiger partial charge is 0.341 e. The van der Waals surface area contributed by atoms with E-state index in [0.29, 0.717) is 10.9 Å². The van der Waals surface area contributed by atoms with Crippen molar-refractivity contribution in [3.05, 3.63) is 65.9 Å². The maximum Gasteiger partial charge on any atom is 0.341 e. The summed E-state index contributed by atoms with van der Waals surface area (Å²) in [5.41, 5.74) is 1.07. The van der Waals surface area contributed by atoms with Gasteiger partial charge in [0.1, 0.15) is 0 Å². The summed E-state index contributed by atoms with van der Waals surface area (Å²) >= 11 is 0. The summed E-state index contributed by atoms with van der Waals surface area (Å²) in [6, 6.07) is 11.1. The number of halogens is 2. The van der Waals surface area contributed by atoms with Crippen LogP contribution in [0.1, 0.15) is 27.6 Å². The van der Waals surface area contributed by atoms with E-state index in [9.17, 15) is 26.8 Å². The van der Waals surface area contributed by atoms with Crippen LogP contribution in [0.3, 0.4) is 0 Å². The van der Waals surface area contributed by atoms with Gasteiger partial charge in [-0.3, -0.25) is 4.79 Å². The normalized spacial score (nSPS) is 12.9. The van der Waals surface area contributed by atoms with E-state index >= 15 is 0 Å². The molecule has 28 heavy (non-hydrogen) atoms. The Balaban J connectivity index is 1.74. The van der Waals surface area contributed by atoms with Crippen LogP contribution < -0.4 is 0 Å². The van der Waals surface area contributed by atoms with Crippen molar-refractivity contribution in [1.29, 1.82) is 0 Å². The number of carbonyl (C=O) groups excluding carboxylic acids is 2. The molecule has 3 rings (SSSR count). The summed E-state index contributed by atoms with van der Waals surface area (Å²) in [6.45, 7) is 1.41. The van der Waals surface area contributed by atoms with Crippen molar-refractivity contribution in [1.82, 2.24) is 4.98 Å². The first-order chi connectivity index (χ1) is 13.2. The number of ketones is 1. The lowest BCUT2D eigenvalue weighted by Gasteiger charge is -2.12. The number of aromatic nitrogens is 1. The first-order valence-electron chi connectivity index (χ1n) is 8.15. The molecule has 0 spiro atoms. The molecule has 0 aliphatic rings. The Bertz CT molecular complexity index is 1140. The second-order valence-corrected chi connectivity index (χ2v) is 7.91. The van der Waals surface area contributed by atoms with Crippen LogP contribution in [-0.2, 0) is 14.6 Å². The van der Waals surface area contributed by atoms with Gasteiger partial charge in [0.05, 0.1) is 10.5 Å². The first-order valence-corrected chi connectivity index (χ1v) is 9.70. The van der Waals surface area contributed by atoms with E-state index in [1.165, 1.54) is 13.1 Å². The Labute approximate surface area is 159 Å². The van der Waals surface area contributed by atoms with Crippen LogP contribution in [0.2, 0.25) is 0 Å². The number of H-pyrrole nitrogens is 1. The number of hydrogen-bond donors (Lipinski definition) is 1. The van der Waals surface area contributed by atoms with E-state index in [1.54, 1.807) is 18.2 Å². The summed E-state index contributed by atoms with van der Waals surface area (Å²) in [5.74, 6) is -4.84. The molecule has 146 valence electrons. The summed E-state index contributed by atoms with van der Waals surface area (Å²) < 4.78 is 53.0. The van der Waals surface area contributed by atoms with E-state index < -0.39 is 38.3 Å². The third-order valence-corrected chi connectivity index (χ3v) is 5.56. The van der Waals surface area contributed by atoms with Gasteiger partial charge in [-0.15, -0.1) is 0 Å². The molecule has 0 amide bonds. The van der Waals surface area contributed by atoms with Gasteiger partial charge in [0, 0.05) is 22.7 Å². The standard InChI is InChI=1S/C19H15F2NO5S/c1-11(17(23)15-10-22-16-5-3-2-4-14(15)16)27-18(24)12-6-8-13(9-7-12)28(25,26)19(20)21/h2-11,19,22H,1H3. The summed E-state index contributed by atoms with van der Waals surface area (Å²) in [7, 11) is -4.75. The molecule has 1 N–H and O–H groups in total. The minimum absolute atomic E-state index is 0.0632. The summed E-state index contributed by atoms with van der Waals surface area (Å²) in [5, 5.41) is 0.692. The monoisotopic (exact) mass is 407 g/mol. The second-order valence-electron chi connectivity index (χ2n) is 5.99. The Morgan fingerprint density at radius 3 is 2.32 bits per heavy atom. The lowest BCUT2D eigenvalue weighted by molar-refractivity contribution is 0.0319. The number of nitrogens with one attached hydrogen (secondary N) is 1. The van der Waals surface area contributed by atoms with Gasteiger partial charge in [-0.2, -0.15) is 8.78 Å². The van der Waals surface area contributed by atoms with Gasteiger partial charge in [-0.05, 0) is 37.3 Å². The SMILES string of the molecule is CC(OC(=O)c1ccc(S(=O)(=O)C(F)F)cc1)C(=O)c1c[nH]c2ccccc12. The molecule has 0 saturated heterocycles. The molecule has 1 heterocycles. The van der Waals surface area contributed by atoms with Crippen LogP contribution in [-0.4, -0.2) is 37.0 Å². The largest absolute Gasteiger partial charge is 0.451 e. The highest BCUT2D eigenvalue weighted by Gasteiger charge is 2.27. The number of rotatable bonds is 6. The molecular formula is C19H15F2NO5S. The third kappa shape index (κ3) is 3.65. The molecule has 1 atom stereocenters. The van der Waals surface area contributed by atoms with Crippen LogP contribution in [0.4, 0.5) is 8.78 Å². The zero-order chi connectivity index (χ0) is 20.5. The lowest BCUT2D eigenvalue weighted by atomic mass is 10.1. The van der Waals surface area contributed by atoms with Crippen molar-refractivity contribution in [3.63, 3.8) is 0 Å². The van der Waals surface area contributed by atoms with Gasteiger partial charge in [0.25, 0.3) is 0 Å². The van der Waals surface area contributed by atoms with Gasteiger partial charge in [0.15, 0.2) is 6.10 Å². The fourth-order valence-corrected chi connectivity index (χ4v) is 3.38. The second kappa shape index (κ2) is 7.51. The number of ether oxygens (including phenoxy) is 1. The number of benzene rings is 2. The van der Waals surface area contributed by atoms with Crippen molar-refractivity contribution < 1.29 is 31.5 Å². The number of Topliss-reactive ketones (excluding diaryl/α,β-unsaturated/α-hetero) is 1. The molecule has 0 saturated carbocycles. The molecular weight excluding hydrogens is 392 g/mol. The molecule has 6 nitrogen and oxygen atoms in total. The molecule has 0 bridgehead atoms. The average molecular weight is 407 g/mol. The zero-order valence-corrected chi connectivity index (χ0v) is 15.4. The summed E-state index contributed by atoms with van der Waals surface area (Å²) in [4.78, 5) is 27.1. The minimum Gasteiger partial charge on any atom is -0.451 e. The molecule has 0 aliphatic carbocycles. The lowest BCUT2D eigenvalue weighted by Crippen LogP contribution is -2.24. The summed E-state index contributed by atoms with van der Waals surface area (Å²) in [6.07, 6.45) is 0.428. The zero-order valence-electron chi connectivity index (χ0n) is 14.6. The van der Waals surface area contributed by atoms with E-state index in [4.69, 9.17) is 4.74 Å². The highest BCUT2D eigenvalue weighted by molar-refractivity contribution is 7.91. The Hall–Kier alpha value is -3.07. The highest BCUT2D eigenvalue weighted by Crippen LogP contribution is 2.21. The third-order valence-electron chi connectivity index (χ3n) is 4.16. The van der Waals surface area contributed by atoms with Crippen LogP contribution in [0.5, 0.6) is 0 Å². The van der Waals surface area contributed by atoms with Crippen LogP contribution in [0, 0.1) is 0 Å². The number of fused-ring (bicyclic) bond motifs is 1. The van der Waals surface area contributed by atoms with E-state index in [0.717, 1.165) is 29.8 Å².